The quantitative estimate of drug-likeness (QED) is 0.477. The number of hydrogen-bond acceptors (Lipinski definition) is 2. The summed E-state index contributed by atoms with van der Waals surface area (Å²) in [5, 5.41) is 6.36. The van der Waals surface area contributed by atoms with Crippen LogP contribution in [0.5, 0.6) is 0 Å². The molecule has 3 rings (SSSR count). The predicted molar refractivity (Wildman–Crippen MR) is 109 cm³/mol. The van der Waals surface area contributed by atoms with E-state index < -0.39 is 0 Å². The first-order valence-corrected chi connectivity index (χ1v) is 11.5. The monoisotopic (exact) mass is 590 g/mol. The third kappa shape index (κ3) is 3.38. The Hall–Kier alpha value is 0.860. The zero-order valence-electron chi connectivity index (χ0n) is 13.7. The number of carbonyl (C=O) groups is 2. The van der Waals surface area contributed by atoms with E-state index in [1.807, 2.05) is 13.8 Å². The number of nitrogens with one attached hydrogen (secondary N) is 2. The molecule has 0 aromatic heterocycles. The lowest BCUT2D eigenvalue weighted by Crippen LogP contribution is -2.47. The molecular weight excluding hydrogens is 572 g/mol. The highest BCUT2D eigenvalue weighted by molar-refractivity contribution is 9.26. The van der Waals surface area contributed by atoms with Crippen LogP contribution in [0.3, 0.4) is 0 Å². The third-order valence-corrected chi connectivity index (χ3v) is 10.5. The van der Waals surface area contributed by atoms with Crippen molar-refractivity contribution in [1.29, 1.82) is 0 Å². The maximum Gasteiger partial charge on any atom is 0.228 e. The average Bonchev–Trinajstić information content (AvgIpc) is 3.21. The van der Waals surface area contributed by atoms with Gasteiger partial charge in [-0.15, -0.1) is 0 Å². The van der Waals surface area contributed by atoms with E-state index >= 15 is 0 Å². The summed E-state index contributed by atoms with van der Waals surface area (Å²) in [7, 11) is 0. The van der Waals surface area contributed by atoms with Crippen LogP contribution in [0.4, 0.5) is 0 Å². The van der Waals surface area contributed by atoms with Crippen LogP contribution in [0.1, 0.15) is 52.4 Å². The molecule has 3 fully saturated rings. The number of halogens is 4. The van der Waals surface area contributed by atoms with Crippen molar-refractivity contribution in [2.45, 2.75) is 70.9 Å². The van der Waals surface area contributed by atoms with Crippen LogP contribution in [0.2, 0.25) is 0 Å². The number of rotatable bonds is 4. The molecule has 0 radical (unpaired) electrons. The van der Waals surface area contributed by atoms with Gasteiger partial charge in [-0.05, 0) is 52.4 Å². The molecule has 0 bridgehead atoms. The van der Waals surface area contributed by atoms with Crippen LogP contribution in [-0.4, -0.2) is 30.4 Å². The Morgan fingerprint density at radius 1 is 0.750 bits per heavy atom. The topological polar surface area (TPSA) is 58.2 Å². The smallest absolute Gasteiger partial charge is 0.228 e. The number of alkyl halides is 4. The summed E-state index contributed by atoms with van der Waals surface area (Å²) in [4.78, 5) is 24.9. The van der Waals surface area contributed by atoms with E-state index in [2.05, 4.69) is 74.4 Å². The van der Waals surface area contributed by atoms with E-state index in [1.54, 1.807) is 0 Å². The second kappa shape index (κ2) is 6.20. The second-order valence-electron chi connectivity index (χ2n) is 7.92. The largest absolute Gasteiger partial charge is 0.353 e. The molecule has 8 heteroatoms. The molecule has 2 N–H and O–H groups in total. The number of amides is 2. The lowest BCUT2D eigenvalue weighted by Gasteiger charge is -2.31. The van der Waals surface area contributed by atoms with Crippen LogP contribution in [-0.2, 0) is 9.59 Å². The molecule has 2 amide bonds. The van der Waals surface area contributed by atoms with Crippen molar-refractivity contribution in [3.8, 4) is 0 Å². The minimum Gasteiger partial charge on any atom is -0.353 e. The number of carbonyl (C=O) groups excluding carboxylic acids is 2. The van der Waals surface area contributed by atoms with E-state index in [-0.39, 0.29) is 41.2 Å². The highest BCUT2D eigenvalue weighted by Crippen LogP contribution is 2.67. The zero-order valence-corrected chi connectivity index (χ0v) is 20.1. The standard InChI is InChI=1S/C16H22Br4N2O2/c1-13(7-15(13,17)18)11(23)21-9-3-5-10(6-4-9)22-12(24)14(2)8-16(14,19)20/h9-10H,3-8H2,1-2H3,(H,21,23)(H,22,24). The van der Waals surface area contributed by atoms with E-state index in [1.165, 1.54) is 0 Å². The molecule has 4 nitrogen and oxygen atoms in total. The highest BCUT2D eigenvalue weighted by Gasteiger charge is 2.67. The van der Waals surface area contributed by atoms with E-state index in [9.17, 15) is 9.59 Å². The van der Waals surface area contributed by atoms with Crippen LogP contribution in [0.15, 0.2) is 0 Å². The molecule has 3 saturated carbocycles. The Labute approximate surface area is 176 Å². The van der Waals surface area contributed by atoms with Gasteiger partial charge in [-0.2, -0.15) is 0 Å². The third-order valence-electron chi connectivity index (χ3n) is 5.92. The minimum atomic E-state index is -0.367. The fourth-order valence-corrected chi connectivity index (χ4v) is 6.33. The van der Waals surface area contributed by atoms with Gasteiger partial charge in [0.15, 0.2) is 0 Å². The molecular formula is C16H22Br4N2O2. The molecule has 0 aliphatic heterocycles. The molecule has 0 saturated heterocycles. The number of hydrogen-bond donors (Lipinski definition) is 2. The van der Waals surface area contributed by atoms with Crippen LogP contribution < -0.4 is 10.6 Å². The summed E-state index contributed by atoms with van der Waals surface area (Å²) in [6.45, 7) is 3.95. The first-order chi connectivity index (χ1) is 10.9. The van der Waals surface area contributed by atoms with Gasteiger partial charge in [-0.1, -0.05) is 63.7 Å². The molecule has 136 valence electrons. The molecule has 2 atom stereocenters. The predicted octanol–water partition coefficient (Wildman–Crippen LogP) is 4.32. The molecule has 3 aliphatic carbocycles. The fraction of sp³-hybridized carbons (Fsp3) is 0.875. The van der Waals surface area contributed by atoms with Gasteiger partial charge in [0.1, 0.15) is 0 Å². The van der Waals surface area contributed by atoms with Crippen LogP contribution in [0.25, 0.3) is 0 Å². The van der Waals surface area contributed by atoms with Crippen molar-refractivity contribution in [1.82, 2.24) is 10.6 Å². The lowest BCUT2D eigenvalue weighted by atomic mass is 9.90. The van der Waals surface area contributed by atoms with Crippen molar-refractivity contribution in [3.05, 3.63) is 0 Å². The van der Waals surface area contributed by atoms with Gasteiger partial charge in [0, 0.05) is 12.1 Å². The van der Waals surface area contributed by atoms with Crippen molar-refractivity contribution in [2.24, 2.45) is 10.8 Å². The lowest BCUT2D eigenvalue weighted by molar-refractivity contribution is -0.128. The summed E-state index contributed by atoms with van der Waals surface area (Å²) in [5.41, 5.74) is -0.735. The Balaban J connectivity index is 1.44. The van der Waals surface area contributed by atoms with Gasteiger partial charge >= 0.3 is 0 Å². The normalized spacial score (nSPS) is 42.1. The van der Waals surface area contributed by atoms with Crippen molar-refractivity contribution in [3.63, 3.8) is 0 Å². The molecule has 24 heavy (non-hydrogen) atoms. The van der Waals surface area contributed by atoms with Gasteiger partial charge in [-0.3, -0.25) is 9.59 Å². The highest BCUT2D eigenvalue weighted by atomic mass is 79.9. The Morgan fingerprint density at radius 2 is 1.00 bits per heavy atom. The Morgan fingerprint density at radius 3 is 1.21 bits per heavy atom. The molecule has 0 aromatic rings. The van der Waals surface area contributed by atoms with E-state index in [4.69, 9.17) is 0 Å². The van der Waals surface area contributed by atoms with Gasteiger partial charge in [0.25, 0.3) is 0 Å². The van der Waals surface area contributed by atoms with Crippen LogP contribution in [0, 0.1) is 10.8 Å². The minimum absolute atomic E-state index is 0.109. The van der Waals surface area contributed by atoms with Gasteiger partial charge in [-0.25, -0.2) is 0 Å². The maximum atomic E-state index is 12.4. The first kappa shape index (κ1) is 19.6. The summed E-state index contributed by atoms with van der Waals surface area (Å²) in [6, 6.07) is 0.420. The molecule has 0 spiro atoms. The Kier molecular flexibility index (Phi) is 5.06. The first-order valence-electron chi connectivity index (χ1n) is 8.29. The van der Waals surface area contributed by atoms with Crippen LogP contribution >= 0.6 is 63.7 Å². The molecule has 0 aromatic carbocycles. The summed E-state index contributed by atoms with van der Waals surface area (Å²) < 4.78 is -0.500. The zero-order chi connectivity index (χ0) is 18.0. The van der Waals surface area contributed by atoms with Gasteiger partial charge < -0.3 is 10.6 Å². The summed E-state index contributed by atoms with van der Waals surface area (Å²) in [6.07, 6.45) is 5.25. The Bertz CT molecular complexity index is 524. The fourth-order valence-electron chi connectivity index (χ4n) is 3.36. The molecule has 3 aliphatic rings. The van der Waals surface area contributed by atoms with Gasteiger partial charge in [0.2, 0.25) is 11.8 Å². The van der Waals surface area contributed by atoms with Crippen molar-refractivity contribution >= 4 is 75.5 Å². The SMILES string of the molecule is CC1(C(=O)NC2CCC(NC(=O)C3(C)CC3(Br)Br)CC2)CC1(Br)Br. The van der Waals surface area contributed by atoms with Crippen molar-refractivity contribution in [2.75, 3.05) is 0 Å². The van der Waals surface area contributed by atoms with E-state index in [0.717, 1.165) is 38.5 Å². The summed E-state index contributed by atoms with van der Waals surface area (Å²) >= 11 is 14.2. The van der Waals surface area contributed by atoms with E-state index in [0.29, 0.717) is 0 Å². The van der Waals surface area contributed by atoms with Crippen molar-refractivity contribution < 1.29 is 9.59 Å². The average molecular weight is 594 g/mol. The molecule has 2 unspecified atom stereocenters. The van der Waals surface area contributed by atoms with Gasteiger partial charge in [0.05, 0.1) is 17.3 Å². The summed E-state index contributed by atoms with van der Waals surface area (Å²) in [5.74, 6) is 0.218. The molecule has 0 heterocycles. The maximum absolute atomic E-state index is 12.4. The second-order valence-corrected chi connectivity index (χ2v) is 15.5.